The van der Waals surface area contributed by atoms with Crippen LogP contribution in [0.15, 0.2) is 24.3 Å². The van der Waals surface area contributed by atoms with E-state index in [1.54, 1.807) is 0 Å². The molecule has 0 aliphatic rings. The Morgan fingerprint density at radius 1 is 0.722 bits per heavy atom. The van der Waals surface area contributed by atoms with Crippen molar-refractivity contribution in [2.75, 3.05) is 0 Å². The number of hydrogen-bond donors (Lipinski definition) is 2. The maximum absolute atomic E-state index is 13.3. The average Bonchev–Trinajstić information content (AvgIpc) is 2.28. The van der Waals surface area contributed by atoms with Crippen molar-refractivity contribution in [2.45, 2.75) is 13.8 Å². The number of phenolic OH excluding ortho intramolecular Hbond substituents is 2. The first kappa shape index (κ1) is 12.4. The zero-order valence-electron chi connectivity index (χ0n) is 9.96. The Labute approximate surface area is 103 Å². The van der Waals surface area contributed by atoms with Crippen LogP contribution in [0.1, 0.15) is 11.1 Å². The van der Waals surface area contributed by atoms with Crippen molar-refractivity contribution in [3.8, 4) is 22.6 Å². The summed E-state index contributed by atoms with van der Waals surface area (Å²) in [5, 5.41) is 19.8. The van der Waals surface area contributed by atoms with Gasteiger partial charge in [0.15, 0.2) is 0 Å². The van der Waals surface area contributed by atoms with Gasteiger partial charge in [0.1, 0.15) is 23.1 Å². The standard InChI is InChI=1S/C14H12F2O2/c1-7-3-9(15)5-11(13(7)17)12-6-10(16)4-8(2)14(12)18/h3-6,17-18H,1-2H3. The van der Waals surface area contributed by atoms with Gasteiger partial charge in [-0.2, -0.15) is 0 Å². The van der Waals surface area contributed by atoms with Crippen LogP contribution in [0.4, 0.5) is 8.78 Å². The van der Waals surface area contributed by atoms with Crippen LogP contribution in [0, 0.1) is 25.5 Å². The smallest absolute Gasteiger partial charge is 0.126 e. The Balaban J connectivity index is 2.77. The highest BCUT2D eigenvalue weighted by Gasteiger charge is 2.15. The van der Waals surface area contributed by atoms with Gasteiger partial charge in [-0.25, -0.2) is 8.78 Å². The molecule has 0 aliphatic heterocycles. The molecule has 0 fully saturated rings. The van der Waals surface area contributed by atoms with E-state index in [1.165, 1.54) is 26.0 Å². The topological polar surface area (TPSA) is 40.5 Å². The highest BCUT2D eigenvalue weighted by atomic mass is 19.1. The lowest BCUT2D eigenvalue weighted by Gasteiger charge is -2.11. The fourth-order valence-corrected chi connectivity index (χ4v) is 1.88. The first-order valence-electron chi connectivity index (χ1n) is 5.38. The van der Waals surface area contributed by atoms with E-state index < -0.39 is 11.6 Å². The van der Waals surface area contributed by atoms with E-state index in [1.807, 2.05) is 0 Å². The average molecular weight is 250 g/mol. The van der Waals surface area contributed by atoms with Gasteiger partial charge >= 0.3 is 0 Å². The van der Waals surface area contributed by atoms with Gasteiger partial charge in [-0.15, -0.1) is 0 Å². The third-order valence-electron chi connectivity index (χ3n) is 2.82. The molecular weight excluding hydrogens is 238 g/mol. The summed E-state index contributed by atoms with van der Waals surface area (Å²) in [5.41, 5.74) is 0.804. The molecule has 94 valence electrons. The van der Waals surface area contributed by atoms with E-state index in [2.05, 4.69) is 0 Å². The fraction of sp³-hybridized carbons (Fsp3) is 0.143. The molecule has 2 aromatic carbocycles. The number of benzene rings is 2. The molecule has 0 atom stereocenters. The van der Waals surface area contributed by atoms with Crippen LogP contribution in [-0.4, -0.2) is 10.2 Å². The second kappa shape index (κ2) is 4.29. The van der Waals surface area contributed by atoms with E-state index in [4.69, 9.17) is 0 Å². The van der Waals surface area contributed by atoms with Gasteiger partial charge in [-0.3, -0.25) is 0 Å². The molecule has 2 rings (SSSR count). The lowest BCUT2D eigenvalue weighted by atomic mass is 9.98. The minimum atomic E-state index is -0.554. The minimum Gasteiger partial charge on any atom is -0.507 e. The molecule has 0 saturated heterocycles. The van der Waals surface area contributed by atoms with Crippen molar-refractivity contribution in [1.29, 1.82) is 0 Å². The molecule has 0 amide bonds. The molecule has 2 N–H and O–H groups in total. The van der Waals surface area contributed by atoms with Gasteiger partial charge in [0.25, 0.3) is 0 Å². The monoisotopic (exact) mass is 250 g/mol. The molecule has 4 heteroatoms. The van der Waals surface area contributed by atoms with Gasteiger partial charge in [0.2, 0.25) is 0 Å². The summed E-state index contributed by atoms with van der Waals surface area (Å²) in [4.78, 5) is 0. The molecule has 0 spiro atoms. The van der Waals surface area contributed by atoms with Crippen molar-refractivity contribution < 1.29 is 19.0 Å². The van der Waals surface area contributed by atoms with Crippen LogP contribution in [0.2, 0.25) is 0 Å². The zero-order chi connectivity index (χ0) is 13.4. The van der Waals surface area contributed by atoms with Crippen molar-refractivity contribution in [1.82, 2.24) is 0 Å². The molecule has 0 unspecified atom stereocenters. The van der Waals surface area contributed by atoms with E-state index in [0.717, 1.165) is 12.1 Å². The van der Waals surface area contributed by atoms with Gasteiger partial charge in [-0.1, -0.05) is 0 Å². The molecule has 0 saturated carbocycles. The summed E-state index contributed by atoms with van der Waals surface area (Å²) in [6, 6.07) is 4.47. The number of hydrogen-bond acceptors (Lipinski definition) is 2. The third kappa shape index (κ3) is 2.01. The predicted octanol–water partition coefficient (Wildman–Crippen LogP) is 3.66. The van der Waals surface area contributed by atoms with Gasteiger partial charge in [-0.05, 0) is 49.2 Å². The Bertz CT molecular complexity index is 566. The first-order chi connectivity index (χ1) is 8.40. The van der Waals surface area contributed by atoms with Gasteiger partial charge in [0.05, 0.1) is 0 Å². The van der Waals surface area contributed by atoms with Crippen LogP contribution in [0.5, 0.6) is 11.5 Å². The molecular formula is C14H12F2O2. The van der Waals surface area contributed by atoms with Crippen molar-refractivity contribution in [3.05, 3.63) is 47.0 Å². The van der Waals surface area contributed by atoms with Crippen LogP contribution in [0.3, 0.4) is 0 Å². The van der Waals surface area contributed by atoms with Crippen LogP contribution < -0.4 is 0 Å². The van der Waals surface area contributed by atoms with Crippen molar-refractivity contribution >= 4 is 0 Å². The van der Waals surface area contributed by atoms with E-state index in [9.17, 15) is 19.0 Å². The molecule has 0 aromatic heterocycles. The molecule has 0 radical (unpaired) electrons. The minimum absolute atomic E-state index is 0.0765. The summed E-state index contributed by atoms with van der Waals surface area (Å²) >= 11 is 0. The van der Waals surface area contributed by atoms with Gasteiger partial charge < -0.3 is 10.2 Å². The number of aromatic hydroxyl groups is 2. The Kier molecular flexibility index (Phi) is 2.95. The summed E-state index contributed by atoms with van der Waals surface area (Å²) in [6.07, 6.45) is 0. The largest absolute Gasteiger partial charge is 0.507 e. The summed E-state index contributed by atoms with van der Waals surface area (Å²) in [5.74, 6) is -1.45. The van der Waals surface area contributed by atoms with E-state index in [0.29, 0.717) is 11.1 Å². The molecule has 2 aromatic rings. The maximum Gasteiger partial charge on any atom is 0.126 e. The SMILES string of the molecule is Cc1cc(F)cc(-c2cc(F)cc(C)c2O)c1O. The summed E-state index contributed by atoms with van der Waals surface area (Å²) in [7, 11) is 0. The van der Waals surface area contributed by atoms with Crippen molar-refractivity contribution in [2.24, 2.45) is 0 Å². The molecule has 0 aliphatic carbocycles. The Hall–Kier alpha value is -2.10. The zero-order valence-corrected chi connectivity index (χ0v) is 9.96. The first-order valence-corrected chi connectivity index (χ1v) is 5.38. The van der Waals surface area contributed by atoms with Crippen LogP contribution >= 0.6 is 0 Å². The second-order valence-corrected chi connectivity index (χ2v) is 4.24. The Morgan fingerprint density at radius 2 is 1.06 bits per heavy atom. The quantitative estimate of drug-likeness (QED) is 0.810. The Morgan fingerprint density at radius 3 is 1.39 bits per heavy atom. The number of halogens is 2. The lowest BCUT2D eigenvalue weighted by molar-refractivity contribution is 0.462. The molecule has 18 heavy (non-hydrogen) atoms. The lowest BCUT2D eigenvalue weighted by Crippen LogP contribution is -1.90. The highest BCUT2D eigenvalue weighted by molar-refractivity contribution is 5.77. The highest BCUT2D eigenvalue weighted by Crippen LogP contribution is 2.39. The third-order valence-corrected chi connectivity index (χ3v) is 2.82. The number of phenols is 2. The van der Waals surface area contributed by atoms with Crippen LogP contribution in [0.25, 0.3) is 11.1 Å². The number of aryl methyl sites for hydroxylation is 2. The summed E-state index contributed by atoms with van der Waals surface area (Å²) in [6.45, 7) is 3.07. The van der Waals surface area contributed by atoms with Crippen LogP contribution in [-0.2, 0) is 0 Å². The maximum atomic E-state index is 13.3. The molecule has 2 nitrogen and oxygen atoms in total. The van der Waals surface area contributed by atoms with Gasteiger partial charge in [0, 0.05) is 11.1 Å². The van der Waals surface area contributed by atoms with E-state index >= 15 is 0 Å². The number of rotatable bonds is 1. The second-order valence-electron chi connectivity index (χ2n) is 4.24. The fourth-order valence-electron chi connectivity index (χ4n) is 1.88. The van der Waals surface area contributed by atoms with E-state index in [-0.39, 0.29) is 22.6 Å². The predicted molar refractivity (Wildman–Crippen MR) is 64.6 cm³/mol. The van der Waals surface area contributed by atoms with Crippen molar-refractivity contribution in [3.63, 3.8) is 0 Å². The normalized spacial score (nSPS) is 10.7. The molecule has 0 bridgehead atoms. The summed E-state index contributed by atoms with van der Waals surface area (Å²) < 4.78 is 26.7. The molecule has 0 heterocycles.